The number of piperidine rings is 1. The maximum atomic E-state index is 11.7. The number of hydrogen-bond acceptors (Lipinski definition) is 4. The Morgan fingerprint density at radius 1 is 1.44 bits per heavy atom. The van der Waals surface area contributed by atoms with Gasteiger partial charge in [-0.3, -0.25) is 4.79 Å². The summed E-state index contributed by atoms with van der Waals surface area (Å²) in [6.45, 7) is 2.76. The second-order valence-corrected chi connectivity index (χ2v) is 4.65. The zero-order valence-electron chi connectivity index (χ0n) is 10.5. The van der Waals surface area contributed by atoms with Crippen molar-refractivity contribution in [3.63, 3.8) is 0 Å². The van der Waals surface area contributed by atoms with Gasteiger partial charge < -0.3 is 15.8 Å². The summed E-state index contributed by atoms with van der Waals surface area (Å²) in [4.78, 5) is 11.7. The van der Waals surface area contributed by atoms with Gasteiger partial charge in [0.15, 0.2) is 5.78 Å². The quantitative estimate of drug-likeness (QED) is 0.769. The van der Waals surface area contributed by atoms with Crippen LogP contribution in [0.2, 0.25) is 0 Å². The second kappa shape index (κ2) is 6.52. The Kier molecular flexibility index (Phi) is 4.73. The van der Waals surface area contributed by atoms with Crippen LogP contribution < -0.4 is 15.8 Å². The topological polar surface area (TPSA) is 64.4 Å². The second-order valence-electron chi connectivity index (χ2n) is 4.65. The molecule has 98 valence electrons. The van der Waals surface area contributed by atoms with Crippen LogP contribution in [0.1, 0.15) is 23.2 Å². The van der Waals surface area contributed by atoms with Crippen molar-refractivity contribution in [2.75, 3.05) is 26.2 Å². The van der Waals surface area contributed by atoms with Crippen molar-refractivity contribution >= 4 is 5.78 Å². The Morgan fingerprint density at radius 3 is 3.00 bits per heavy atom. The SMILES string of the molecule is NCC(=O)c1ccccc1OCC1CCCNC1. The molecule has 1 saturated heterocycles. The zero-order valence-corrected chi connectivity index (χ0v) is 10.5. The lowest BCUT2D eigenvalue weighted by molar-refractivity contribution is 0.0996. The number of rotatable bonds is 5. The first-order valence-electron chi connectivity index (χ1n) is 6.47. The minimum absolute atomic E-state index is 0.0192. The lowest BCUT2D eigenvalue weighted by atomic mass is 10.0. The molecule has 0 amide bonds. The van der Waals surface area contributed by atoms with Crippen LogP contribution in [-0.2, 0) is 0 Å². The van der Waals surface area contributed by atoms with Gasteiger partial charge >= 0.3 is 0 Å². The maximum Gasteiger partial charge on any atom is 0.180 e. The normalized spacial score (nSPS) is 19.5. The van der Waals surface area contributed by atoms with Crippen molar-refractivity contribution in [3.05, 3.63) is 29.8 Å². The molecule has 4 heteroatoms. The largest absolute Gasteiger partial charge is 0.492 e. The number of hydrogen-bond donors (Lipinski definition) is 2. The molecule has 18 heavy (non-hydrogen) atoms. The van der Waals surface area contributed by atoms with Gasteiger partial charge in [0.05, 0.1) is 18.7 Å². The molecule has 1 aromatic carbocycles. The Labute approximate surface area is 108 Å². The smallest absolute Gasteiger partial charge is 0.180 e. The van der Waals surface area contributed by atoms with Gasteiger partial charge in [-0.2, -0.15) is 0 Å². The maximum absolute atomic E-state index is 11.7. The van der Waals surface area contributed by atoms with Gasteiger partial charge in [0.25, 0.3) is 0 Å². The van der Waals surface area contributed by atoms with E-state index in [9.17, 15) is 4.79 Å². The van der Waals surface area contributed by atoms with Crippen molar-refractivity contribution in [2.24, 2.45) is 11.7 Å². The Morgan fingerprint density at radius 2 is 2.28 bits per heavy atom. The number of nitrogens with two attached hydrogens (primary N) is 1. The van der Waals surface area contributed by atoms with Crippen LogP contribution >= 0.6 is 0 Å². The third-order valence-corrected chi connectivity index (χ3v) is 3.25. The Bertz CT molecular complexity index is 401. The summed E-state index contributed by atoms with van der Waals surface area (Å²) >= 11 is 0. The molecular formula is C14H20N2O2. The molecule has 0 radical (unpaired) electrons. The molecule has 1 aliphatic heterocycles. The minimum Gasteiger partial charge on any atom is -0.492 e. The van der Waals surface area contributed by atoms with E-state index in [1.54, 1.807) is 6.07 Å². The van der Waals surface area contributed by atoms with E-state index in [-0.39, 0.29) is 12.3 Å². The number of ether oxygens (including phenoxy) is 1. The summed E-state index contributed by atoms with van der Waals surface area (Å²) in [5.74, 6) is 1.10. The molecule has 1 aliphatic rings. The van der Waals surface area contributed by atoms with E-state index in [1.807, 2.05) is 18.2 Å². The Hall–Kier alpha value is -1.39. The lowest BCUT2D eigenvalue weighted by Crippen LogP contribution is -2.33. The van der Waals surface area contributed by atoms with E-state index < -0.39 is 0 Å². The van der Waals surface area contributed by atoms with E-state index in [4.69, 9.17) is 10.5 Å². The monoisotopic (exact) mass is 248 g/mol. The predicted octanol–water partition coefficient (Wildman–Crippen LogP) is 1.21. The molecule has 0 aliphatic carbocycles. The highest BCUT2D eigenvalue weighted by Gasteiger charge is 2.15. The predicted molar refractivity (Wildman–Crippen MR) is 70.9 cm³/mol. The summed E-state index contributed by atoms with van der Waals surface area (Å²) in [5.41, 5.74) is 5.98. The first kappa shape index (κ1) is 13.1. The van der Waals surface area contributed by atoms with Crippen LogP contribution in [0.3, 0.4) is 0 Å². The van der Waals surface area contributed by atoms with Gasteiger partial charge in [-0.25, -0.2) is 0 Å². The van der Waals surface area contributed by atoms with Crippen LogP contribution in [0.4, 0.5) is 0 Å². The molecule has 1 atom stereocenters. The lowest BCUT2D eigenvalue weighted by Gasteiger charge is -2.23. The van der Waals surface area contributed by atoms with Crippen molar-refractivity contribution in [3.8, 4) is 5.75 Å². The molecule has 0 bridgehead atoms. The third kappa shape index (κ3) is 3.31. The number of carbonyl (C=O) groups excluding carboxylic acids is 1. The van der Waals surface area contributed by atoms with Crippen LogP contribution in [0.25, 0.3) is 0 Å². The van der Waals surface area contributed by atoms with Gasteiger partial charge in [-0.05, 0) is 31.5 Å². The number of Topliss-reactive ketones (excluding diaryl/α,β-unsaturated/α-hetero) is 1. The number of para-hydroxylation sites is 1. The summed E-state index contributed by atoms with van der Waals surface area (Å²) in [7, 11) is 0. The summed E-state index contributed by atoms with van der Waals surface area (Å²) in [6.07, 6.45) is 2.37. The molecular weight excluding hydrogens is 228 g/mol. The average Bonchev–Trinajstić information content (AvgIpc) is 2.45. The fourth-order valence-corrected chi connectivity index (χ4v) is 2.21. The summed E-state index contributed by atoms with van der Waals surface area (Å²) in [5, 5.41) is 3.35. The molecule has 0 aromatic heterocycles. The summed E-state index contributed by atoms with van der Waals surface area (Å²) in [6, 6.07) is 7.31. The zero-order chi connectivity index (χ0) is 12.8. The molecule has 1 heterocycles. The molecule has 4 nitrogen and oxygen atoms in total. The molecule has 1 fully saturated rings. The van der Waals surface area contributed by atoms with Gasteiger partial charge in [-0.1, -0.05) is 12.1 Å². The first-order valence-corrected chi connectivity index (χ1v) is 6.47. The first-order chi connectivity index (χ1) is 8.81. The van der Waals surface area contributed by atoms with Crippen molar-refractivity contribution in [2.45, 2.75) is 12.8 Å². The van der Waals surface area contributed by atoms with E-state index in [2.05, 4.69) is 5.32 Å². The van der Waals surface area contributed by atoms with Crippen LogP contribution in [0, 0.1) is 5.92 Å². The van der Waals surface area contributed by atoms with E-state index in [0.717, 1.165) is 13.1 Å². The molecule has 2 rings (SSSR count). The highest BCUT2D eigenvalue weighted by atomic mass is 16.5. The minimum atomic E-state index is -0.0765. The van der Waals surface area contributed by atoms with Crippen LogP contribution in [-0.4, -0.2) is 32.0 Å². The molecule has 0 spiro atoms. The van der Waals surface area contributed by atoms with E-state index >= 15 is 0 Å². The number of carbonyl (C=O) groups is 1. The Balaban J connectivity index is 1.97. The number of ketones is 1. The van der Waals surface area contributed by atoms with Gasteiger partial charge in [-0.15, -0.1) is 0 Å². The number of nitrogens with one attached hydrogen (secondary N) is 1. The fourth-order valence-electron chi connectivity index (χ4n) is 2.21. The fraction of sp³-hybridized carbons (Fsp3) is 0.500. The summed E-state index contributed by atoms with van der Waals surface area (Å²) < 4.78 is 5.78. The highest BCUT2D eigenvalue weighted by Crippen LogP contribution is 2.20. The van der Waals surface area contributed by atoms with Crippen molar-refractivity contribution in [1.82, 2.24) is 5.32 Å². The molecule has 1 unspecified atom stereocenters. The molecule has 3 N–H and O–H groups in total. The van der Waals surface area contributed by atoms with Gasteiger partial charge in [0.2, 0.25) is 0 Å². The van der Waals surface area contributed by atoms with E-state index in [1.165, 1.54) is 12.8 Å². The molecule has 1 aromatic rings. The van der Waals surface area contributed by atoms with Crippen LogP contribution in [0.5, 0.6) is 5.75 Å². The molecule has 0 saturated carbocycles. The van der Waals surface area contributed by atoms with Crippen molar-refractivity contribution < 1.29 is 9.53 Å². The highest BCUT2D eigenvalue weighted by molar-refractivity contribution is 5.99. The van der Waals surface area contributed by atoms with Crippen LogP contribution in [0.15, 0.2) is 24.3 Å². The van der Waals surface area contributed by atoms with E-state index in [0.29, 0.717) is 23.8 Å². The van der Waals surface area contributed by atoms with Gasteiger partial charge in [0.1, 0.15) is 5.75 Å². The van der Waals surface area contributed by atoms with Gasteiger partial charge in [0, 0.05) is 12.5 Å². The average molecular weight is 248 g/mol. The third-order valence-electron chi connectivity index (χ3n) is 3.25. The standard InChI is InChI=1S/C14H20N2O2/c15-8-13(17)12-5-1-2-6-14(12)18-10-11-4-3-7-16-9-11/h1-2,5-6,11,16H,3-4,7-10,15H2. The number of benzene rings is 1. The van der Waals surface area contributed by atoms with Crippen molar-refractivity contribution in [1.29, 1.82) is 0 Å².